The molecule has 1 aliphatic rings. The van der Waals surface area contributed by atoms with E-state index in [2.05, 4.69) is 104 Å². The molecule has 1 nitrogen and oxygen atoms in total. The third-order valence-electron chi connectivity index (χ3n) is 4.81. The first kappa shape index (κ1) is 23.7. The second-order valence-electron chi connectivity index (χ2n) is 6.79. The van der Waals surface area contributed by atoms with Crippen LogP contribution in [0.15, 0.2) is 103 Å². The van der Waals surface area contributed by atoms with Gasteiger partial charge in [0.15, 0.2) is 0 Å². The van der Waals surface area contributed by atoms with Crippen molar-refractivity contribution in [2.45, 2.75) is 19.4 Å². The molecule has 0 atom stereocenters. The van der Waals surface area contributed by atoms with Crippen LogP contribution in [0.25, 0.3) is 5.57 Å². The Morgan fingerprint density at radius 3 is 1.86 bits per heavy atom. The van der Waals surface area contributed by atoms with Gasteiger partial charge in [0.2, 0.25) is 0 Å². The minimum absolute atomic E-state index is 0. The van der Waals surface area contributed by atoms with Crippen LogP contribution in [0.3, 0.4) is 0 Å². The average molecular weight is 457 g/mol. The van der Waals surface area contributed by atoms with Gasteiger partial charge in [-0.15, -0.1) is 0 Å². The van der Waals surface area contributed by atoms with Crippen LogP contribution in [0.5, 0.6) is 0 Å². The van der Waals surface area contributed by atoms with Gasteiger partial charge in [-0.25, -0.2) is 0 Å². The molecule has 1 aliphatic carbocycles. The molecule has 0 aliphatic heterocycles. The van der Waals surface area contributed by atoms with Gasteiger partial charge in [0.05, 0.1) is 0 Å². The number of benzene rings is 3. The topological polar surface area (TPSA) is 9.23 Å². The fourth-order valence-corrected chi connectivity index (χ4v) is 5.03. The Kier molecular flexibility index (Phi) is 9.42. The Balaban J connectivity index is 0.00000150. The van der Waals surface area contributed by atoms with Gasteiger partial charge in [0, 0.05) is 0 Å². The van der Waals surface area contributed by atoms with E-state index in [1.165, 1.54) is 31.7 Å². The summed E-state index contributed by atoms with van der Waals surface area (Å²) in [5, 5.41) is 0. The van der Waals surface area contributed by atoms with E-state index in [9.17, 15) is 0 Å². The summed E-state index contributed by atoms with van der Waals surface area (Å²) in [4.78, 5) is 0. The van der Waals surface area contributed by atoms with Gasteiger partial charge in [-0.05, 0) is 0 Å². The van der Waals surface area contributed by atoms with Crippen molar-refractivity contribution in [2.75, 3.05) is 0 Å². The monoisotopic (exact) mass is 456 g/mol. The number of rotatable bonds is 6. The second-order valence-corrected chi connectivity index (χ2v) is 8.32. The van der Waals surface area contributed by atoms with Gasteiger partial charge in [-0.1, -0.05) is 0 Å². The summed E-state index contributed by atoms with van der Waals surface area (Å²) in [6, 6.07) is 29.8. The van der Waals surface area contributed by atoms with Crippen molar-refractivity contribution in [3.8, 4) is 0 Å². The van der Waals surface area contributed by atoms with Crippen molar-refractivity contribution in [1.82, 2.24) is 0 Å². The molecule has 0 radical (unpaired) electrons. The largest absolute Gasteiger partial charge is 1.00 e. The molecule has 0 unspecified atom stereocenters. The molecule has 4 heteroatoms. The van der Waals surface area contributed by atoms with E-state index in [4.69, 9.17) is 3.32 Å². The zero-order valence-electron chi connectivity index (χ0n) is 16.2. The van der Waals surface area contributed by atoms with E-state index < -0.39 is 19.5 Å². The molecular formula is C25H22Cl2OTi. The molecule has 146 valence electrons. The van der Waals surface area contributed by atoms with Crippen molar-refractivity contribution in [1.29, 1.82) is 0 Å². The van der Waals surface area contributed by atoms with Gasteiger partial charge >= 0.3 is 171 Å². The van der Waals surface area contributed by atoms with Crippen molar-refractivity contribution >= 4 is 9.44 Å². The maximum Gasteiger partial charge on any atom is -1.00 e. The van der Waals surface area contributed by atoms with Crippen LogP contribution < -0.4 is 28.7 Å². The third-order valence-corrected chi connectivity index (χ3v) is 6.39. The molecule has 0 amide bonds. The van der Waals surface area contributed by atoms with Crippen LogP contribution in [0.2, 0.25) is 0 Å². The predicted molar refractivity (Wildman–Crippen MR) is 108 cm³/mol. The van der Waals surface area contributed by atoms with Gasteiger partial charge in [0.1, 0.15) is 0 Å². The molecule has 3 aromatic carbocycles. The third kappa shape index (κ3) is 5.95. The van der Waals surface area contributed by atoms with E-state index in [-0.39, 0.29) is 30.9 Å². The van der Waals surface area contributed by atoms with Gasteiger partial charge < -0.3 is 24.8 Å². The Morgan fingerprint density at radius 2 is 1.31 bits per heavy atom. The van der Waals surface area contributed by atoms with E-state index in [1.54, 1.807) is 0 Å². The number of hydrogen-bond acceptors (Lipinski definition) is 1. The molecule has 0 N–H and O–H groups in total. The van der Waals surface area contributed by atoms with Crippen LogP contribution in [0, 0.1) is 0 Å². The van der Waals surface area contributed by atoms with Gasteiger partial charge in [-0.3, -0.25) is 0 Å². The summed E-state index contributed by atoms with van der Waals surface area (Å²) in [7, 11) is 0. The molecule has 0 fully saturated rings. The van der Waals surface area contributed by atoms with Crippen molar-refractivity contribution in [3.63, 3.8) is 0 Å². The first-order valence-corrected chi connectivity index (χ1v) is 10.7. The summed E-state index contributed by atoms with van der Waals surface area (Å²) in [5.74, 6) is 0. The SMILES string of the molecule is CC1=CCC(c2cccc[c]2[Ti+2][O]C(c2ccccc2)c2ccccc2)=C1.[Cl-].[Cl-]. The predicted octanol–water partition coefficient (Wildman–Crippen LogP) is -0.143. The number of allylic oxidation sites excluding steroid dienone is 4. The Hall–Kier alpha value is -1.61. The van der Waals surface area contributed by atoms with Crippen LogP contribution in [0.4, 0.5) is 0 Å². The quantitative estimate of drug-likeness (QED) is 0.469. The molecule has 0 saturated carbocycles. The standard InChI is InChI=1S/C13H11O.C12H11.2ClH.Ti/c14-13(11-7-3-1-4-8-11)12-9-5-2-6-10-12;1-10-7-8-12(9-10)11-5-3-2-4-6-11;;;/h1-10,13H;2-5,7,9H,8H2,1H3;2*1H;/q-1;;;;+3/p-2. The van der Waals surface area contributed by atoms with E-state index >= 15 is 0 Å². The molecule has 0 saturated heterocycles. The normalized spacial score (nSPS) is 12.3. The maximum atomic E-state index is 6.61. The molecule has 3 aromatic rings. The smallest absolute Gasteiger partial charge is 1.00 e. The maximum absolute atomic E-state index is 6.61. The van der Waals surface area contributed by atoms with E-state index in [0.717, 1.165) is 6.42 Å². The first-order chi connectivity index (χ1) is 13.3. The molecule has 0 heterocycles. The summed E-state index contributed by atoms with van der Waals surface area (Å²) in [6.07, 6.45) is 5.61. The van der Waals surface area contributed by atoms with E-state index in [0.29, 0.717) is 0 Å². The molecule has 4 rings (SSSR count). The minimum atomic E-state index is -0.743. The van der Waals surface area contributed by atoms with Crippen LogP contribution in [0.1, 0.15) is 36.1 Å². The molecular weight excluding hydrogens is 435 g/mol. The second kappa shape index (κ2) is 11.5. The van der Waals surface area contributed by atoms with E-state index in [1.807, 2.05) is 0 Å². The number of hydrogen-bond donors (Lipinski definition) is 0. The average Bonchev–Trinajstić information content (AvgIpc) is 3.16. The van der Waals surface area contributed by atoms with Crippen LogP contribution >= 0.6 is 0 Å². The van der Waals surface area contributed by atoms with Crippen molar-refractivity contribution < 1.29 is 47.7 Å². The first-order valence-electron chi connectivity index (χ1n) is 9.29. The molecule has 29 heavy (non-hydrogen) atoms. The fourth-order valence-electron chi connectivity index (χ4n) is 3.41. The summed E-state index contributed by atoms with van der Waals surface area (Å²) >= 11 is -0.743. The molecule has 0 aromatic heterocycles. The minimum Gasteiger partial charge on any atom is -1.00 e. The summed E-state index contributed by atoms with van der Waals surface area (Å²) in [5.41, 5.74) is 6.54. The molecule has 0 bridgehead atoms. The number of halogens is 2. The van der Waals surface area contributed by atoms with Crippen LogP contribution in [-0.4, -0.2) is 0 Å². The van der Waals surface area contributed by atoms with Crippen molar-refractivity contribution in [3.05, 3.63) is 119 Å². The fraction of sp³-hybridized carbons (Fsp3) is 0.120. The van der Waals surface area contributed by atoms with Gasteiger partial charge in [0.25, 0.3) is 0 Å². The zero-order valence-corrected chi connectivity index (χ0v) is 19.3. The Bertz CT molecular complexity index is 929. The summed E-state index contributed by atoms with van der Waals surface area (Å²) < 4.78 is 7.97. The van der Waals surface area contributed by atoms with Crippen molar-refractivity contribution in [2.24, 2.45) is 0 Å². The molecule has 0 spiro atoms. The van der Waals surface area contributed by atoms with Crippen LogP contribution in [-0.2, 0) is 22.9 Å². The Morgan fingerprint density at radius 1 is 0.759 bits per heavy atom. The zero-order chi connectivity index (χ0) is 18.5. The summed E-state index contributed by atoms with van der Waals surface area (Å²) in [6.45, 7) is 2.17. The van der Waals surface area contributed by atoms with Gasteiger partial charge in [-0.2, -0.15) is 0 Å². The Labute approximate surface area is 195 Å².